The van der Waals surface area contributed by atoms with E-state index in [-0.39, 0.29) is 19.0 Å². The first-order valence-corrected chi connectivity index (χ1v) is 13.7. The van der Waals surface area contributed by atoms with Crippen LogP contribution in [-0.4, -0.2) is 51.2 Å². The Morgan fingerprint density at radius 2 is 1.43 bits per heavy atom. The molecule has 6 heteroatoms. The van der Waals surface area contributed by atoms with Gasteiger partial charge in [-0.2, -0.15) is 0 Å². The van der Waals surface area contributed by atoms with Crippen LogP contribution < -0.4 is 4.90 Å². The molecule has 3 aromatic carbocycles. The van der Waals surface area contributed by atoms with Crippen molar-refractivity contribution in [1.82, 2.24) is 0 Å². The molecule has 0 unspecified atom stereocenters. The van der Waals surface area contributed by atoms with Crippen LogP contribution in [0.4, 0.5) is 5.69 Å². The first kappa shape index (κ1) is 26.7. The van der Waals surface area contributed by atoms with Crippen LogP contribution in [0.1, 0.15) is 36.8 Å². The minimum absolute atomic E-state index is 0.0268. The molecule has 0 aliphatic heterocycles. The van der Waals surface area contributed by atoms with Gasteiger partial charge >= 0.3 is 0 Å². The summed E-state index contributed by atoms with van der Waals surface area (Å²) in [7, 11) is -1.56. The summed E-state index contributed by atoms with van der Waals surface area (Å²) < 4.78 is 25.9. The van der Waals surface area contributed by atoms with Crippen molar-refractivity contribution in [3.63, 3.8) is 0 Å². The smallest absolute Gasteiger partial charge is 0.178 e. The van der Waals surface area contributed by atoms with E-state index in [9.17, 15) is 13.5 Å². The summed E-state index contributed by atoms with van der Waals surface area (Å²) >= 11 is 0. The predicted molar refractivity (Wildman–Crippen MR) is 145 cm³/mol. The highest BCUT2D eigenvalue weighted by Gasteiger charge is 2.18. The molecular formula is C29H35NO4S. The molecule has 0 spiro atoms. The van der Waals surface area contributed by atoms with Crippen LogP contribution in [0.15, 0.2) is 77.7 Å². The maximum absolute atomic E-state index is 13.0. The standard InChI is InChI=1S/C29H35NO4S/c1-30(19-21-32)29-23-27(35(33,34)22-8-3-2-7-20-31)17-18-28(29)26-15-13-25(14-16-26)12-11-24-9-5-4-6-10-24/h4-6,9-18,23,31-32H,2-3,7-8,19-22H2,1H3. The van der Waals surface area contributed by atoms with Crippen molar-refractivity contribution in [2.45, 2.75) is 30.6 Å². The molecule has 0 amide bonds. The van der Waals surface area contributed by atoms with Crippen molar-refractivity contribution >= 4 is 27.7 Å². The summed E-state index contributed by atoms with van der Waals surface area (Å²) in [5.41, 5.74) is 4.88. The molecule has 5 nitrogen and oxygen atoms in total. The fraction of sp³-hybridized carbons (Fsp3) is 0.310. The molecule has 0 aliphatic carbocycles. The lowest BCUT2D eigenvalue weighted by Crippen LogP contribution is -2.22. The van der Waals surface area contributed by atoms with Crippen LogP contribution >= 0.6 is 0 Å². The van der Waals surface area contributed by atoms with Crippen LogP contribution in [0.25, 0.3) is 23.3 Å². The van der Waals surface area contributed by atoms with Crippen molar-refractivity contribution < 1.29 is 18.6 Å². The van der Waals surface area contributed by atoms with E-state index in [1.807, 2.05) is 60.5 Å². The number of aliphatic hydroxyl groups excluding tert-OH is 2. The number of unbranched alkanes of at least 4 members (excludes halogenated alkanes) is 3. The molecule has 0 aliphatic rings. The van der Waals surface area contributed by atoms with E-state index in [4.69, 9.17) is 5.11 Å². The summed E-state index contributed by atoms with van der Waals surface area (Å²) in [6.07, 6.45) is 7.01. The zero-order valence-electron chi connectivity index (χ0n) is 20.3. The Balaban J connectivity index is 1.84. The van der Waals surface area contributed by atoms with Crippen LogP contribution in [-0.2, 0) is 9.84 Å². The number of sulfone groups is 1. The van der Waals surface area contributed by atoms with E-state index in [2.05, 4.69) is 24.3 Å². The van der Waals surface area contributed by atoms with Gasteiger partial charge in [0.1, 0.15) is 0 Å². The van der Waals surface area contributed by atoms with E-state index in [0.717, 1.165) is 40.8 Å². The fourth-order valence-electron chi connectivity index (χ4n) is 3.94. The number of hydrogen-bond acceptors (Lipinski definition) is 5. The van der Waals surface area contributed by atoms with Gasteiger partial charge in [0, 0.05) is 31.5 Å². The van der Waals surface area contributed by atoms with Crippen LogP contribution in [0.3, 0.4) is 0 Å². The minimum atomic E-state index is -3.42. The minimum Gasteiger partial charge on any atom is -0.396 e. The molecule has 0 fully saturated rings. The van der Waals surface area contributed by atoms with E-state index < -0.39 is 9.84 Å². The first-order valence-electron chi connectivity index (χ1n) is 12.1. The second kappa shape index (κ2) is 13.2. The molecule has 35 heavy (non-hydrogen) atoms. The highest BCUT2D eigenvalue weighted by Crippen LogP contribution is 2.33. The van der Waals surface area contributed by atoms with E-state index in [1.165, 1.54) is 0 Å². The van der Waals surface area contributed by atoms with Gasteiger partial charge in [0.05, 0.1) is 17.3 Å². The van der Waals surface area contributed by atoms with Crippen molar-refractivity contribution in [1.29, 1.82) is 0 Å². The molecule has 3 aromatic rings. The molecule has 0 saturated heterocycles. The van der Waals surface area contributed by atoms with Gasteiger partial charge in [0.2, 0.25) is 0 Å². The second-order valence-electron chi connectivity index (χ2n) is 8.65. The quantitative estimate of drug-likeness (QED) is 0.250. The first-order chi connectivity index (χ1) is 16.9. The number of hydrogen-bond donors (Lipinski definition) is 2. The molecule has 0 aromatic heterocycles. The van der Waals surface area contributed by atoms with Gasteiger partial charge in [-0.05, 0) is 41.7 Å². The SMILES string of the molecule is CN(CCO)c1cc(S(=O)(=O)CCCCCCO)ccc1-c1ccc(C=Cc2ccccc2)cc1. The van der Waals surface area contributed by atoms with Gasteiger partial charge < -0.3 is 15.1 Å². The third-order valence-electron chi connectivity index (χ3n) is 5.99. The molecule has 2 N–H and O–H groups in total. The largest absolute Gasteiger partial charge is 0.396 e. The van der Waals surface area contributed by atoms with Gasteiger partial charge in [0.25, 0.3) is 0 Å². The number of benzene rings is 3. The van der Waals surface area contributed by atoms with Crippen LogP contribution in [0.2, 0.25) is 0 Å². The fourth-order valence-corrected chi connectivity index (χ4v) is 5.33. The summed E-state index contributed by atoms with van der Waals surface area (Å²) in [6, 6.07) is 23.5. The van der Waals surface area contributed by atoms with Gasteiger partial charge in [-0.1, -0.05) is 85.7 Å². The molecule has 0 heterocycles. The number of rotatable bonds is 13. The van der Waals surface area contributed by atoms with E-state index in [1.54, 1.807) is 12.1 Å². The molecular weight excluding hydrogens is 458 g/mol. The lowest BCUT2D eigenvalue weighted by Gasteiger charge is -2.23. The van der Waals surface area contributed by atoms with Gasteiger partial charge in [0.15, 0.2) is 9.84 Å². The van der Waals surface area contributed by atoms with Crippen molar-refractivity contribution in [2.24, 2.45) is 0 Å². The third kappa shape index (κ3) is 7.79. The van der Waals surface area contributed by atoms with Crippen molar-refractivity contribution in [2.75, 3.05) is 37.5 Å². The Kier molecular flexibility index (Phi) is 10.1. The normalized spacial score (nSPS) is 11.7. The molecule has 0 bridgehead atoms. The Labute approximate surface area is 209 Å². The number of anilines is 1. The zero-order chi connectivity index (χ0) is 25.1. The summed E-state index contributed by atoms with van der Waals surface area (Å²) in [6.45, 7) is 0.510. The number of aliphatic hydroxyl groups is 2. The van der Waals surface area contributed by atoms with E-state index in [0.29, 0.717) is 24.3 Å². The van der Waals surface area contributed by atoms with Crippen molar-refractivity contribution in [3.05, 3.63) is 83.9 Å². The average Bonchev–Trinajstić information content (AvgIpc) is 2.88. The summed E-state index contributed by atoms with van der Waals surface area (Å²) in [5.74, 6) is 0.0867. The van der Waals surface area contributed by atoms with Crippen LogP contribution in [0.5, 0.6) is 0 Å². The highest BCUT2D eigenvalue weighted by molar-refractivity contribution is 7.91. The maximum Gasteiger partial charge on any atom is 0.178 e. The third-order valence-corrected chi connectivity index (χ3v) is 7.78. The Morgan fingerprint density at radius 3 is 2.09 bits per heavy atom. The number of likely N-dealkylation sites (N-methyl/N-ethyl adjacent to an activating group) is 1. The predicted octanol–water partition coefficient (Wildman–Crippen LogP) is 5.28. The van der Waals surface area contributed by atoms with Gasteiger partial charge in [-0.3, -0.25) is 0 Å². The summed E-state index contributed by atoms with van der Waals surface area (Å²) in [5, 5.41) is 18.4. The van der Waals surface area contributed by atoms with Crippen LogP contribution in [0, 0.1) is 0 Å². The second-order valence-corrected chi connectivity index (χ2v) is 10.8. The molecule has 186 valence electrons. The zero-order valence-corrected chi connectivity index (χ0v) is 21.1. The molecule has 0 atom stereocenters. The average molecular weight is 494 g/mol. The topological polar surface area (TPSA) is 77.8 Å². The summed E-state index contributed by atoms with van der Waals surface area (Å²) in [4.78, 5) is 2.18. The van der Waals surface area contributed by atoms with Gasteiger partial charge in [-0.25, -0.2) is 8.42 Å². The van der Waals surface area contributed by atoms with Crippen molar-refractivity contribution in [3.8, 4) is 11.1 Å². The maximum atomic E-state index is 13.0. The monoisotopic (exact) mass is 493 g/mol. The Bertz CT molecular complexity index is 1190. The van der Waals surface area contributed by atoms with E-state index >= 15 is 0 Å². The Hall–Kier alpha value is -2.93. The lowest BCUT2D eigenvalue weighted by molar-refractivity contribution is 0.283. The molecule has 3 rings (SSSR count). The van der Waals surface area contributed by atoms with Gasteiger partial charge in [-0.15, -0.1) is 0 Å². The lowest BCUT2D eigenvalue weighted by atomic mass is 10.0. The number of nitrogens with zero attached hydrogens (tertiary/aromatic N) is 1. The highest BCUT2D eigenvalue weighted by atomic mass is 32.2. The molecule has 0 saturated carbocycles. The Morgan fingerprint density at radius 1 is 0.771 bits per heavy atom. The molecule has 0 radical (unpaired) electrons.